The third-order valence-corrected chi connectivity index (χ3v) is 1.91. The van der Waals surface area contributed by atoms with Gasteiger partial charge in [0.2, 0.25) is 0 Å². The number of pyridine rings is 1. The normalized spacial score (nSPS) is 10.0. The van der Waals surface area contributed by atoms with Gasteiger partial charge in [-0.1, -0.05) is 11.2 Å². The van der Waals surface area contributed by atoms with E-state index in [2.05, 4.69) is 20.0 Å². The molecular weight excluding hydrogens is 210 g/mol. The highest BCUT2D eigenvalue weighted by Gasteiger charge is 2.05. The fraction of sp³-hybridized carbons (Fsp3) is 0.100. The van der Waals surface area contributed by atoms with E-state index in [-0.39, 0.29) is 5.69 Å². The number of nitrogens with one attached hydrogen (secondary N) is 1. The second-order valence-electron chi connectivity index (χ2n) is 3.06. The Kier molecular flexibility index (Phi) is 2.81. The van der Waals surface area contributed by atoms with Gasteiger partial charge in [0.15, 0.2) is 5.69 Å². The maximum Gasteiger partial charge on any atom is 0.354 e. The van der Waals surface area contributed by atoms with Crippen molar-refractivity contribution in [3.05, 3.63) is 41.9 Å². The van der Waals surface area contributed by atoms with Gasteiger partial charge in [-0.2, -0.15) is 0 Å². The van der Waals surface area contributed by atoms with Gasteiger partial charge >= 0.3 is 5.97 Å². The molecule has 0 bridgehead atoms. The Morgan fingerprint density at radius 1 is 1.44 bits per heavy atom. The molecule has 2 aromatic heterocycles. The van der Waals surface area contributed by atoms with Crippen LogP contribution in [0.4, 0.5) is 5.82 Å². The number of anilines is 1. The molecule has 0 unspecified atom stereocenters. The average Bonchev–Trinajstić information content (AvgIpc) is 2.79. The summed E-state index contributed by atoms with van der Waals surface area (Å²) < 4.78 is 4.66. The van der Waals surface area contributed by atoms with Gasteiger partial charge in [-0.05, 0) is 12.1 Å². The SMILES string of the molecule is O=C(O)c1cccc(NCc2ccon2)n1. The summed E-state index contributed by atoms with van der Waals surface area (Å²) >= 11 is 0. The van der Waals surface area contributed by atoms with Gasteiger partial charge in [0.05, 0.1) is 6.54 Å². The summed E-state index contributed by atoms with van der Waals surface area (Å²) in [7, 11) is 0. The highest BCUT2D eigenvalue weighted by molar-refractivity contribution is 5.85. The van der Waals surface area contributed by atoms with Gasteiger partial charge in [0.25, 0.3) is 0 Å². The zero-order chi connectivity index (χ0) is 11.4. The van der Waals surface area contributed by atoms with Crippen molar-refractivity contribution in [2.75, 3.05) is 5.32 Å². The van der Waals surface area contributed by atoms with Crippen LogP contribution in [-0.2, 0) is 6.54 Å². The minimum absolute atomic E-state index is 0.00477. The second kappa shape index (κ2) is 4.43. The van der Waals surface area contributed by atoms with Crippen LogP contribution in [0.2, 0.25) is 0 Å². The number of rotatable bonds is 4. The Hall–Kier alpha value is -2.37. The molecule has 0 fully saturated rings. The van der Waals surface area contributed by atoms with Gasteiger partial charge in [0.1, 0.15) is 17.8 Å². The fourth-order valence-electron chi connectivity index (χ4n) is 1.16. The molecule has 0 aliphatic carbocycles. The Morgan fingerprint density at radius 3 is 3.00 bits per heavy atom. The Bertz CT molecular complexity index is 482. The lowest BCUT2D eigenvalue weighted by molar-refractivity contribution is 0.0690. The van der Waals surface area contributed by atoms with Crippen molar-refractivity contribution < 1.29 is 14.4 Å². The lowest BCUT2D eigenvalue weighted by Gasteiger charge is -2.03. The van der Waals surface area contributed by atoms with E-state index in [1.165, 1.54) is 12.3 Å². The van der Waals surface area contributed by atoms with Crippen molar-refractivity contribution in [2.45, 2.75) is 6.54 Å². The number of aromatic carboxylic acids is 1. The molecule has 0 radical (unpaired) electrons. The van der Waals surface area contributed by atoms with E-state index in [0.717, 1.165) is 5.69 Å². The van der Waals surface area contributed by atoms with Crippen molar-refractivity contribution in [3.8, 4) is 0 Å². The zero-order valence-corrected chi connectivity index (χ0v) is 8.25. The first-order valence-electron chi connectivity index (χ1n) is 4.59. The molecule has 6 nitrogen and oxygen atoms in total. The third kappa shape index (κ3) is 2.35. The summed E-state index contributed by atoms with van der Waals surface area (Å²) in [6.45, 7) is 0.437. The molecule has 2 rings (SSSR count). The molecule has 2 aromatic rings. The molecule has 0 atom stereocenters. The number of carbonyl (C=O) groups is 1. The molecular formula is C10H9N3O3. The topological polar surface area (TPSA) is 88.2 Å². The molecule has 2 N–H and O–H groups in total. The molecule has 0 aliphatic heterocycles. The minimum Gasteiger partial charge on any atom is -0.477 e. The third-order valence-electron chi connectivity index (χ3n) is 1.91. The van der Waals surface area contributed by atoms with Crippen LogP contribution >= 0.6 is 0 Å². The van der Waals surface area contributed by atoms with Crippen molar-refractivity contribution in [1.82, 2.24) is 10.1 Å². The maximum atomic E-state index is 10.7. The zero-order valence-electron chi connectivity index (χ0n) is 8.25. The van der Waals surface area contributed by atoms with Crippen LogP contribution in [0.1, 0.15) is 16.2 Å². The highest BCUT2D eigenvalue weighted by atomic mass is 16.5. The molecule has 0 saturated carbocycles. The van der Waals surface area contributed by atoms with Crippen molar-refractivity contribution in [2.24, 2.45) is 0 Å². The van der Waals surface area contributed by atoms with Gasteiger partial charge in [-0.3, -0.25) is 0 Å². The minimum atomic E-state index is -1.05. The Labute approximate surface area is 90.9 Å². The maximum absolute atomic E-state index is 10.7. The molecule has 0 aromatic carbocycles. The second-order valence-corrected chi connectivity index (χ2v) is 3.06. The van der Waals surface area contributed by atoms with Crippen LogP contribution in [0.5, 0.6) is 0 Å². The average molecular weight is 219 g/mol. The number of carboxylic acids is 1. The van der Waals surface area contributed by atoms with Gasteiger partial charge < -0.3 is 14.9 Å². The first-order valence-corrected chi connectivity index (χ1v) is 4.59. The Balaban J connectivity index is 2.04. The van der Waals surface area contributed by atoms with E-state index < -0.39 is 5.97 Å². The predicted octanol–water partition coefficient (Wildman–Crippen LogP) is 1.38. The molecule has 0 aliphatic rings. The van der Waals surface area contributed by atoms with E-state index in [9.17, 15) is 4.79 Å². The molecule has 6 heteroatoms. The van der Waals surface area contributed by atoms with Crippen molar-refractivity contribution >= 4 is 11.8 Å². The summed E-state index contributed by atoms with van der Waals surface area (Å²) in [5.41, 5.74) is 0.729. The lowest BCUT2D eigenvalue weighted by Crippen LogP contribution is -2.05. The number of hydrogen-bond donors (Lipinski definition) is 2. The van der Waals surface area contributed by atoms with Crippen LogP contribution in [0.3, 0.4) is 0 Å². The lowest BCUT2D eigenvalue weighted by atomic mass is 10.3. The first-order chi connectivity index (χ1) is 7.75. The molecule has 82 valence electrons. The van der Waals surface area contributed by atoms with Crippen molar-refractivity contribution in [1.29, 1.82) is 0 Å². The number of carboxylic acid groups (broad SMARTS) is 1. The first kappa shape index (κ1) is 10.2. The van der Waals surface area contributed by atoms with Crippen LogP contribution < -0.4 is 5.32 Å². The summed E-state index contributed by atoms with van der Waals surface area (Å²) in [6.07, 6.45) is 1.47. The summed E-state index contributed by atoms with van der Waals surface area (Å²) in [4.78, 5) is 14.6. The van der Waals surface area contributed by atoms with Crippen LogP contribution in [-0.4, -0.2) is 21.2 Å². The monoisotopic (exact) mass is 219 g/mol. The summed E-state index contributed by atoms with van der Waals surface area (Å²) in [6, 6.07) is 6.46. The van der Waals surface area contributed by atoms with E-state index in [1.54, 1.807) is 18.2 Å². The van der Waals surface area contributed by atoms with Crippen molar-refractivity contribution in [3.63, 3.8) is 0 Å². The summed E-state index contributed by atoms with van der Waals surface area (Å²) in [5.74, 6) is -0.562. The molecule has 16 heavy (non-hydrogen) atoms. The molecule has 0 amide bonds. The van der Waals surface area contributed by atoms with Crippen LogP contribution in [0, 0.1) is 0 Å². The number of aromatic nitrogens is 2. The van der Waals surface area contributed by atoms with E-state index in [0.29, 0.717) is 12.4 Å². The molecule has 2 heterocycles. The fourth-order valence-corrected chi connectivity index (χ4v) is 1.16. The highest BCUT2D eigenvalue weighted by Crippen LogP contribution is 2.06. The van der Waals surface area contributed by atoms with Gasteiger partial charge in [-0.15, -0.1) is 0 Å². The van der Waals surface area contributed by atoms with Crippen LogP contribution in [0.15, 0.2) is 35.1 Å². The van der Waals surface area contributed by atoms with Gasteiger partial charge in [0, 0.05) is 6.07 Å². The molecule has 0 saturated heterocycles. The Morgan fingerprint density at radius 2 is 2.31 bits per heavy atom. The van der Waals surface area contributed by atoms with Gasteiger partial charge in [-0.25, -0.2) is 9.78 Å². The van der Waals surface area contributed by atoms with E-state index in [1.807, 2.05) is 0 Å². The van der Waals surface area contributed by atoms with E-state index in [4.69, 9.17) is 5.11 Å². The standard InChI is InChI=1S/C10H9N3O3/c14-10(15)8-2-1-3-9(12-8)11-6-7-4-5-16-13-7/h1-5H,6H2,(H,11,12)(H,14,15). The molecule has 0 spiro atoms. The summed E-state index contributed by atoms with van der Waals surface area (Å²) in [5, 5.41) is 15.4. The number of hydrogen-bond acceptors (Lipinski definition) is 5. The van der Waals surface area contributed by atoms with E-state index >= 15 is 0 Å². The predicted molar refractivity (Wildman–Crippen MR) is 55.0 cm³/mol. The quantitative estimate of drug-likeness (QED) is 0.807. The largest absolute Gasteiger partial charge is 0.477 e. The number of nitrogens with zero attached hydrogens (tertiary/aromatic N) is 2. The van der Waals surface area contributed by atoms with Crippen LogP contribution in [0.25, 0.3) is 0 Å². The smallest absolute Gasteiger partial charge is 0.354 e.